The smallest absolute Gasteiger partial charge is 0.339 e. The number of aromatic amines is 1. The van der Waals surface area contributed by atoms with Gasteiger partial charge in [-0.1, -0.05) is 0 Å². The van der Waals surface area contributed by atoms with Crippen LogP contribution in [0, 0.1) is 13.8 Å². The van der Waals surface area contributed by atoms with Gasteiger partial charge in [0, 0.05) is 18.1 Å². The first-order valence-electron chi connectivity index (χ1n) is 7.29. The van der Waals surface area contributed by atoms with Crippen LogP contribution in [0.5, 0.6) is 0 Å². The van der Waals surface area contributed by atoms with E-state index in [1.54, 1.807) is 13.8 Å². The van der Waals surface area contributed by atoms with Crippen LogP contribution < -0.4 is 0 Å². The zero-order valence-corrected chi connectivity index (χ0v) is 13.9. The van der Waals surface area contributed by atoms with E-state index in [-0.39, 0.29) is 5.69 Å². The lowest BCUT2D eigenvalue weighted by Gasteiger charge is -2.12. The van der Waals surface area contributed by atoms with Gasteiger partial charge in [0.15, 0.2) is 6.10 Å². The minimum Gasteiger partial charge on any atom is -0.465 e. The van der Waals surface area contributed by atoms with E-state index in [1.165, 1.54) is 38.6 Å². The highest BCUT2D eigenvalue weighted by molar-refractivity contribution is 6.04. The first-order valence-corrected chi connectivity index (χ1v) is 7.29. The van der Waals surface area contributed by atoms with E-state index < -0.39 is 23.8 Å². The zero-order valence-electron chi connectivity index (χ0n) is 13.9. The van der Waals surface area contributed by atoms with Crippen LogP contribution >= 0.6 is 0 Å². The summed E-state index contributed by atoms with van der Waals surface area (Å²) in [5, 5.41) is 0. The molecule has 0 amide bonds. The third-order valence-electron chi connectivity index (χ3n) is 3.64. The molecule has 7 nitrogen and oxygen atoms in total. The van der Waals surface area contributed by atoms with Gasteiger partial charge in [0.05, 0.1) is 23.9 Å². The number of hydrogen-bond acceptors (Lipinski definition) is 6. The highest BCUT2D eigenvalue weighted by atomic mass is 16.5. The largest absolute Gasteiger partial charge is 0.465 e. The maximum Gasteiger partial charge on any atom is 0.339 e. The summed E-state index contributed by atoms with van der Waals surface area (Å²) in [7, 11) is 1.27. The van der Waals surface area contributed by atoms with Crippen molar-refractivity contribution in [2.75, 3.05) is 7.11 Å². The van der Waals surface area contributed by atoms with Gasteiger partial charge in [0.1, 0.15) is 0 Å². The highest BCUT2D eigenvalue weighted by Gasteiger charge is 2.27. The Morgan fingerprint density at radius 3 is 2.33 bits per heavy atom. The second kappa shape index (κ2) is 7.08. The number of Topliss-reactive ketones (excluding diaryl/α,β-unsaturated/α-hetero) is 1. The molecule has 2 heterocycles. The molecule has 0 fully saturated rings. The molecule has 0 aliphatic heterocycles. The second-order valence-corrected chi connectivity index (χ2v) is 5.26. The first-order chi connectivity index (χ1) is 11.4. The Kier molecular flexibility index (Phi) is 5.13. The Morgan fingerprint density at radius 1 is 1.12 bits per heavy atom. The van der Waals surface area contributed by atoms with Gasteiger partial charge < -0.3 is 14.5 Å². The van der Waals surface area contributed by atoms with Crippen molar-refractivity contribution in [2.24, 2.45) is 0 Å². The van der Waals surface area contributed by atoms with E-state index in [1.807, 2.05) is 0 Å². The number of aromatic nitrogens is 2. The van der Waals surface area contributed by atoms with E-state index in [2.05, 4.69) is 9.97 Å². The van der Waals surface area contributed by atoms with Crippen molar-refractivity contribution >= 4 is 17.7 Å². The molecule has 0 spiro atoms. The molecule has 2 rings (SSSR count). The number of esters is 2. The molecular formula is C17H18N2O5. The van der Waals surface area contributed by atoms with Crippen molar-refractivity contribution in [3.05, 3.63) is 52.6 Å². The van der Waals surface area contributed by atoms with Crippen LogP contribution in [-0.4, -0.2) is 40.9 Å². The fourth-order valence-corrected chi connectivity index (χ4v) is 2.38. The van der Waals surface area contributed by atoms with Gasteiger partial charge in [-0.25, -0.2) is 9.59 Å². The Hall–Kier alpha value is -2.96. The summed E-state index contributed by atoms with van der Waals surface area (Å²) in [4.78, 5) is 43.0. The van der Waals surface area contributed by atoms with Crippen molar-refractivity contribution in [3.8, 4) is 0 Å². The Bertz CT molecular complexity index is 780. The monoisotopic (exact) mass is 330 g/mol. The lowest BCUT2D eigenvalue weighted by molar-refractivity contribution is 0.0316. The summed E-state index contributed by atoms with van der Waals surface area (Å²) in [5.41, 5.74) is 1.84. The first kappa shape index (κ1) is 17.4. The summed E-state index contributed by atoms with van der Waals surface area (Å²) in [5.74, 6) is -1.57. The molecule has 0 aliphatic rings. The van der Waals surface area contributed by atoms with Gasteiger partial charge in [0.2, 0.25) is 5.78 Å². The molecule has 24 heavy (non-hydrogen) atoms. The predicted molar refractivity (Wildman–Crippen MR) is 85.1 cm³/mol. The number of ketones is 1. The minimum atomic E-state index is -1.01. The van der Waals surface area contributed by atoms with Gasteiger partial charge in [-0.3, -0.25) is 9.78 Å². The molecule has 0 bridgehead atoms. The molecule has 1 N–H and O–H groups in total. The molecule has 2 aromatic heterocycles. The third kappa shape index (κ3) is 3.34. The van der Waals surface area contributed by atoms with Crippen molar-refractivity contribution in [1.82, 2.24) is 9.97 Å². The van der Waals surface area contributed by atoms with Crippen molar-refractivity contribution in [3.63, 3.8) is 0 Å². The van der Waals surface area contributed by atoms with E-state index >= 15 is 0 Å². The van der Waals surface area contributed by atoms with Crippen LogP contribution in [-0.2, 0) is 9.47 Å². The average Bonchev–Trinajstić information content (AvgIpc) is 2.88. The van der Waals surface area contributed by atoms with Gasteiger partial charge in [-0.15, -0.1) is 0 Å². The molecular weight excluding hydrogens is 312 g/mol. The van der Waals surface area contributed by atoms with Crippen molar-refractivity contribution in [2.45, 2.75) is 26.9 Å². The molecule has 2 aromatic rings. The van der Waals surface area contributed by atoms with Gasteiger partial charge in [-0.2, -0.15) is 0 Å². The number of H-pyrrole nitrogens is 1. The van der Waals surface area contributed by atoms with Crippen LogP contribution in [0.15, 0.2) is 24.5 Å². The normalized spacial score (nSPS) is 11.7. The van der Waals surface area contributed by atoms with Crippen molar-refractivity contribution < 1.29 is 23.9 Å². The van der Waals surface area contributed by atoms with E-state index in [0.29, 0.717) is 22.4 Å². The molecule has 0 aromatic carbocycles. The summed E-state index contributed by atoms with van der Waals surface area (Å²) in [6, 6.07) is 3.00. The maximum absolute atomic E-state index is 12.5. The predicted octanol–water partition coefficient (Wildman–Crippen LogP) is 2.24. The number of carbonyl (C=O) groups is 3. The summed E-state index contributed by atoms with van der Waals surface area (Å²) >= 11 is 0. The SMILES string of the molecule is COC(=O)c1c(C)[nH]c(C(=O)[C@H](C)OC(=O)c2ccncc2)c1C. The molecule has 0 saturated heterocycles. The van der Waals surface area contributed by atoms with E-state index in [0.717, 1.165) is 0 Å². The maximum atomic E-state index is 12.5. The molecule has 0 saturated carbocycles. The Morgan fingerprint density at radius 2 is 1.75 bits per heavy atom. The van der Waals surface area contributed by atoms with Gasteiger partial charge >= 0.3 is 11.9 Å². The molecule has 126 valence electrons. The number of hydrogen-bond donors (Lipinski definition) is 1. The van der Waals surface area contributed by atoms with E-state index in [4.69, 9.17) is 9.47 Å². The average molecular weight is 330 g/mol. The number of aryl methyl sites for hydroxylation is 1. The number of rotatable bonds is 5. The van der Waals surface area contributed by atoms with Gasteiger partial charge in [-0.05, 0) is 38.5 Å². The number of methoxy groups -OCH3 is 1. The molecule has 0 unspecified atom stereocenters. The Labute approximate surface area is 139 Å². The summed E-state index contributed by atoms with van der Waals surface area (Å²) in [6.45, 7) is 4.79. The number of nitrogens with zero attached hydrogens (tertiary/aromatic N) is 1. The quantitative estimate of drug-likeness (QED) is 0.667. The fourth-order valence-electron chi connectivity index (χ4n) is 2.38. The summed E-state index contributed by atoms with van der Waals surface area (Å²) < 4.78 is 9.90. The Balaban J connectivity index is 2.20. The number of nitrogens with one attached hydrogen (secondary N) is 1. The molecule has 0 radical (unpaired) electrons. The lowest BCUT2D eigenvalue weighted by Crippen LogP contribution is -2.25. The fraction of sp³-hybridized carbons (Fsp3) is 0.294. The topological polar surface area (TPSA) is 98.4 Å². The van der Waals surface area contributed by atoms with Crippen molar-refractivity contribution in [1.29, 1.82) is 0 Å². The van der Waals surface area contributed by atoms with Crippen LogP contribution in [0.3, 0.4) is 0 Å². The van der Waals surface area contributed by atoms with Gasteiger partial charge in [0.25, 0.3) is 0 Å². The zero-order chi connectivity index (χ0) is 17.9. The van der Waals surface area contributed by atoms with Crippen LogP contribution in [0.25, 0.3) is 0 Å². The molecule has 1 atom stereocenters. The number of ether oxygens (including phenoxy) is 2. The lowest BCUT2D eigenvalue weighted by atomic mass is 10.1. The van der Waals surface area contributed by atoms with E-state index in [9.17, 15) is 14.4 Å². The summed E-state index contributed by atoms with van der Waals surface area (Å²) in [6.07, 6.45) is 1.92. The van der Waals surface area contributed by atoms with Crippen LogP contribution in [0.4, 0.5) is 0 Å². The highest BCUT2D eigenvalue weighted by Crippen LogP contribution is 2.21. The standard InChI is InChI=1S/C17H18N2O5/c1-9-13(17(22)23-4)10(2)19-14(9)15(20)11(3)24-16(21)12-5-7-18-8-6-12/h5-8,11,19H,1-4H3/t11-/m0/s1. The molecule has 7 heteroatoms. The van der Waals surface area contributed by atoms with Crippen LogP contribution in [0.1, 0.15) is 49.4 Å². The number of pyridine rings is 1. The van der Waals surface area contributed by atoms with Crippen LogP contribution in [0.2, 0.25) is 0 Å². The minimum absolute atomic E-state index is 0.225. The second-order valence-electron chi connectivity index (χ2n) is 5.26. The molecule has 0 aliphatic carbocycles. The third-order valence-corrected chi connectivity index (χ3v) is 3.64. The number of carbonyl (C=O) groups excluding carboxylic acids is 3.